The Kier molecular flexibility index (Phi) is 8.97. The summed E-state index contributed by atoms with van der Waals surface area (Å²) < 4.78 is 15.1. The second kappa shape index (κ2) is 9.35. The van der Waals surface area contributed by atoms with Crippen molar-refractivity contribution in [2.75, 3.05) is 34.5 Å². The van der Waals surface area contributed by atoms with E-state index in [1.54, 1.807) is 28.3 Å². The predicted octanol–water partition coefficient (Wildman–Crippen LogP) is -0.265. The van der Waals surface area contributed by atoms with Crippen LogP contribution in [0.2, 0.25) is 0 Å². The fourth-order valence-corrected chi connectivity index (χ4v) is 1.48. The Morgan fingerprint density at radius 2 is 1.76 bits per heavy atom. The second-order valence-corrected chi connectivity index (χ2v) is 3.80. The average Bonchev–Trinajstić information content (AvgIpc) is 2.30. The monoisotopic (exact) mass is 248 g/mol. The van der Waals surface area contributed by atoms with Gasteiger partial charge in [-0.2, -0.15) is 0 Å². The number of methoxy groups -OCH3 is 3. The molecule has 0 aliphatic carbocycles. The minimum atomic E-state index is -0.371. The molecule has 0 radical (unpaired) electrons. The summed E-state index contributed by atoms with van der Waals surface area (Å²) >= 11 is 0. The maximum Gasteiger partial charge on any atom is 0.236 e. The summed E-state index contributed by atoms with van der Waals surface area (Å²) in [4.78, 5) is 11.6. The van der Waals surface area contributed by atoms with Gasteiger partial charge in [0, 0.05) is 27.9 Å². The maximum absolute atomic E-state index is 11.6. The van der Waals surface area contributed by atoms with Crippen molar-refractivity contribution in [1.29, 1.82) is 0 Å². The highest BCUT2D eigenvalue weighted by atomic mass is 16.7. The summed E-state index contributed by atoms with van der Waals surface area (Å²) in [7, 11) is 4.73. The summed E-state index contributed by atoms with van der Waals surface area (Å²) in [5.41, 5.74) is 0. The summed E-state index contributed by atoms with van der Waals surface area (Å²) in [5, 5.41) is 5.86. The minimum absolute atomic E-state index is 0.0696. The van der Waals surface area contributed by atoms with Gasteiger partial charge < -0.3 is 19.5 Å². The third kappa shape index (κ3) is 6.58. The van der Waals surface area contributed by atoms with E-state index < -0.39 is 0 Å². The van der Waals surface area contributed by atoms with E-state index in [0.29, 0.717) is 13.2 Å². The van der Waals surface area contributed by atoms with Crippen LogP contribution in [0.3, 0.4) is 0 Å². The van der Waals surface area contributed by atoms with Crippen molar-refractivity contribution in [2.45, 2.75) is 32.2 Å². The number of ether oxygens (including phenoxy) is 3. The first kappa shape index (κ1) is 16.3. The van der Waals surface area contributed by atoms with Crippen LogP contribution in [-0.2, 0) is 19.0 Å². The Labute approximate surface area is 103 Å². The van der Waals surface area contributed by atoms with Gasteiger partial charge in [0.1, 0.15) is 0 Å². The van der Waals surface area contributed by atoms with Crippen molar-refractivity contribution in [3.05, 3.63) is 0 Å². The molecule has 0 fully saturated rings. The molecular weight excluding hydrogens is 224 g/mol. The van der Waals surface area contributed by atoms with Crippen molar-refractivity contribution < 1.29 is 19.0 Å². The number of carbonyl (C=O) groups is 1. The zero-order valence-corrected chi connectivity index (χ0v) is 11.3. The topological polar surface area (TPSA) is 68.8 Å². The number of amides is 1. The van der Waals surface area contributed by atoms with Crippen molar-refractivity contribution in [1.82, 2.24) is 10.6 Å². The minimum Gasteiger partial charge on any atom is -0.383 e. The van der Waals surface area contributed by atoms with E-state index in [-0.39, 0.29) is 24.3 Å². The van der Waals surface area contributed by atoms with Crippen LogP contribution in [0.1, 0.15) is 13.8 Å². The molecule has 1 amide bonds. The first-order valence-corrected chi connectivity index (χ1v) is 5.65. The van der Waals surface area contributed by atoms with Crippen molar-refractivity contribution in [3.63, 3.8) is 0 Å². The lowest BCUT2D eigenvalue weighted by Crippen LogP contribution is -2.50. The molecular formula is C11H24N2O4. The molecule has 102 valence electrons. The molecule has 0 aromatic carbocycles. The average molecular weight is 248 g/mol. The molecule has 0 saturated heterocycles. The van der Waals surface area contributed by atoms with E-state index in [1.807, 2.05) is 6.92 Å². The second-order valence-electron chi connectivity index (χ2n) is 3.80. The SMILES string of the molecule is COCCNC(=O)C(C)NC(C)C(OC)OC. The maximum atomic E-state index is 11.6. The fourth-order valence-electron chi connectivity index (χ4n) is 1.48. The molecule has 2 atom stereocenters. The normalized spacial score (nSPS) is 14.7. The molecule has 0 rings (SSSR count). The van der Waals surface area contributed by atoms with Gasteiger partial charge in [0.05, 0.1) is 18.7 Å². The number of carbonyl (C=O) groups excluding carboxylic acids is 1. The predicted molar refractivity (Wildman–Crippen MR) is 64.8 cm³/mol. The first-order valence-electron chi connectivity index (χ1n) is 5.65. The molecule has 6 nitrogen and oxygen atoms in total. The number of rotatable bonds is 9. The molecule has 0 spiro atoms. The lowest BCUT2D eigenvalue weighted by Gasteiger charge is -2.25. The molecule has 0 aromatic rings. The van der Waals surface area contributed by atoms with Crippen LogP contribution in [0.4, 0.5) is 0 Å². The van der Waals surface area contributed by atoms with Gasteiger partial charge in [-0.15, -0.1) is 0 Å². The van der Waals surface area contributed by atoms with Gasteiger partial charge in [0.25, 0.3) is 0 Å². The van der Waals surface area contributed by atoms with Gasteiger partial charge in [-0.3, -0.25) is 10.1 Å². The van der Waals surface area contributed by atoms with Gasteiger partial charge >= 0.3 is 0 Å². The highest BCUT2D eigenvalue weighted by Crippen LogP contribution is 2.00. The molecule has 0 bridgehead atoms. The molecule has 17 heavy (non-hydrogen) atoms. The van der Waals surface area contributed by atoms with Crippen molar-refractivity contribution in [3.8, 4) is 0 Å². The summed E-state index contributed by atoms with van der Waals surface area (Å²) in [5.74, 6) is -0.0696. The van der Waals surface area contributed by atoms with Gasteiger partial charge in [0.2, 0.25) is 5.91 Å². The zero-order chi connectivity index (χ0) is 13.3. The van der Waals surface area contributed by atoms with E-state index in [0.717, 1.165) is 0 Å². The molecule has 0 saturated carbocycles. The van der Waals surface area contributed by atoms with Gasteiger partial charge in [-0.1, -0.05) is 0 Å². The summed E-state index contributed by atoms with van der Waals surface area (Å²) in [6, 6.07) is -0.386. The smallest absolute Gasteiger partial charge is 0.236 e. The van der Waals surface area contributed by atoms with Crippen LogP contribution in [0, 0.1) is 0 Å². The third-order valence-electron chi connectivity index (χ3n) is 2.38. The van der Waals surface area contributed by atoms with Crippen LogP contribution in [0.25, 0.3) is 0 Å². The Morgan fingerprint density at radius 3 is 2.24 bits per heavy atom. The number of hydrogen-bond acceptors (Lipinski definition) is 5. The Bertz CT molecular complexity index is 210. The third-order valence-corrected chi connectivity index (χ3v) is 2.38. The lowest BCUT2D eigenvalue weighted by atomic mass is 10.2. The van der Waals surface area contributed by atoms with Crippen molar-refractivity contribution in [2.24, 2.45) is 0 Å². The number of nitrogens with one attached hydrogen (secondary N) is 2. The Hall–Kier alpha value is -0.690. The van der Waals surface area contributed by atoms with Crippen molar-refractivity contribution >= 4 is 5.91 Å². The van der Waals surface area contributed by atoms with Crippen LogP contribution in [-0.4, -0.2) is 58.8 Å². The molecule has 0 aliphatic heterocycles. The van der Waals surface area contributed by atoms with Crippen LogP contribution >= 0.6 is 0 Å². The highest BCUT2D eigenvalue weighted by molar-refractivity contribution is 5.81. The zero-order valence-electron chi connectivity index (χ0n) is 11.3. The molecule has 0 heterocycles. The van der Waals surface area contributed by atoms with Gasteiger partial charge in [-0.25, -0.2) is 0 Å². The molecule has 0 aromatic heterocycles. The van der Waals surface area contributed by atoms with E-state index in [1.165, 1.54) is 0 Å². The molecule has 2 N–H and O–H groups in total. The van der Waals surface area contributed by atoms with E-state index in [2.05, 4.69) is 10.6 Å². The summed E-state index contributed by atoms with van der Waals surface area (Å²) in [6.07, 6.45) is -0.371. The Morgan fingerprint density at radius 1 is 1.18 bits per heavy atom. The van der Waals surface area contributed by atoms with E-state index in [9.17, 15) is 4.79 Å². The lowest BCUT2D eigenvalue weighted by molar-refractivity contribution is -0.129. The fraction of sp³-hybridized carbons (Fsp3) is 0.909. The quantitative estimate of drug-likeness (QED) is 0.434. The van der Waals surface area contributed by atoms with Gasteiger partial charge in [0.15, 0.2) is 6.29 Å². The molecule has 6 heteroatoms. The highest BCUT2D eigenvalue weighted by Gasteiger charge is 2.20. The molecule has 0 aliphatic rings. The van der Waals surface area contributed by atoms with Crippen LogP contribution in [0.5, 0.6) is 0 Å². The standard InChI is InChI=1S/C11H24N2O4/c1-8(10(14)12-6-7-15-3)13-9(2)11(16-4)17-5/h8-9,11,13H,6-7H2,1-5H3,(H,12,14). The van der Waals surface area contributed by atoms with Crippen LogP contribution in [0.15, 0.2) is 0 Å². The summed E-state index contributed by atoms with van der Waals surface area (Å²) in [6.45, 7) is 4.71. The van der Waals surface area contributed by atoms with Gasteiger partial charge in [-0.05, 0) is 13.8 Å². The van der Waals surface area contributed by atoms with E-state index >= 15 is 0 Å². The van der Waals surface area contributed by atoms with E-state index in [4.69, 9.17) is 14.2 Å². The van der Waals surface area contributed by atoms with Crippen LogP contribution < -0.4 is 10.6 Å². The number of hydrogen-bond donors (Lipinski definition) is 2. The Balaban J connectivity index is 3.97. The largest absolute Gasteiger partial charge is 0.383 e. The molecule has 2 unspecified atom stereocenters. The first-order chi connectivity index (χ1) is 8.06.